The quantitative estimate of drug-likeness (QED) is 0.587. The molecule has 0 aliphatic heterocycles. The predicted octanol–water partition coefficient (Wildman–Crippen LogP) is 7.30. The molecular weight excluding hydrogens is 368 g/mol. The van der Waals surface area contributed by atoms with E-state index in [0.717, 1.165) is 18.4 Å². The predicted molar refractivity (Wildman–Crippen MR) is 125 cm³/mol. The van der Waals surface area contributed by atoms with Gasteiger partial charge in [-0.15, -0.1) is 0 Å². The SMILES string of the molecule is Cc1cc2c(cc1C1=CCC/C1=C\c1ccc(C(=O)O)cc1)C(C)(C)CCC2(C)C. The third kappa shape index (κ3) is 3.64. The summed E-state index contributed by atoms with van der Waals surface area (Å²) in [7, 11) is 0. The molecular formula is C28H32O2. The lowest BCUT2D eigenvalue weighted by atomic mass is 9.62. The first-order valence-corrected chi connectivity index (χ1v) is 11.0. The van der Waals surface area contributed by atoms with Gasteiger partial charge < -0.3 is 5.11 Å². The number of carboxylic acids is 1. The number of benzene rings is 2. The van der Waals surface area contributed by atoms with Crippen LogP contribution in [-0.2, 0) is 10.8 Å². The molecule has 0 spiro atoms. The van der Waals surface area contributed by atoms with E-state index in [1.165, 1.54) is 46.2 Å². The van der Waals surface area contributed by atoms with Crippen molar-refractivity contribution in [3.63, 3.8) is 0 Å². The Labute approximate surface area is 180 Å². The van der Waals surface area contributed by atoms with Crippen molar-refractivity contribution >= 4 is 17.6 Å². The zero-order valence-corrected chi connectivity index (χ0v) is 18.8. The molecule has 2 heteroatoms. The average molecular weight is 401 g/mol. The van der Waals surface area contributed by atoms with E-state index in [1.807, 2.05) is 12.1 Å². The Morgan fingerprint density at radius 1 is 0.967 bits per heavy atom. The summed E-state index contributed by atoms with van der Waals surface area (Å²) in [6, 6.07) is 12.1. The summed E-state index contributed by atoms with van der Waals surface area (Å²) in [4.78, 5) is 11.1. The zero-order valence-electron chi connectivity index (χ0n) is 18.8. The van der Waals surface area contributed by atoms with Crippen LogP contribution in [0.25, 0.3) is 11.6 Å². The summed E-state index contributed by atoms with van der Waals surface area (Å²) >= 11 is 0. The molecule has 2 aliphatic carbocycles. The van der Waals surface area contributed by atoms with Crippen molar-refractivity contribution in [2.75, 3.05) is 0 Å². The maximum absolute atomic E-state index is 11.1. The van der Waals surface area contributed by atoms with Crippen LogP contribution >= 0.6 is 0 Å². The number of hydrogen-bond donors (Lipinski definition) is 1. The number of aryl methyl sites for hydroxylation is 1. The van der Waals surface area contributed by atoms with Gasteiger partial charge in [0, 0.05) is 0 Å². The molecule has 0 amide bonds. The van der Waals surface area contributed by atoms with Crippen LogP contribution in [0.2, 0.25) is 0 Å². The second-order valence-electron chi connectivity index (χ2n) is 10.2. The number of fused-ring (bicyclic) bond motifs is 1. The van der Waals surface area contributed by atoms with Gasteiger partial charge in [0.25, 0.3) is 0 Å². The Hall–Kier alpha value is -2.61. The molecule has 0 heterocycles. The molecule has 0 aromatic heterocycles. The van der Waals surface area contributed by atoms with E-state index in [0.29, 0.717) is 5.56 Å². The molecule has 2 nitrogen and oxygen atoms in total. The van der Waals surface area contributed by atoms with E-state index in [-0.39, 0.29) is 10.8 Å². The summed E-state index contributed by atoms with van der Waals surface area (Å²) in [6.45, 7) is 11.8. The fourth-order valence-electron chi connectivity index (χ4n) is 5.01. The van der Waals surface area contributed by atoms with Crippen LogP contribution in [-0.4, -0.2) is 11.1 Å². The van der Waals surface area contributed by atoms with Gasteiger partial charge in [-0.05, 0) is 94.5 Å². The lowest BCUT2D eigenvalue weighted by Gasteiger charge is -2.42. The molecule has 4 rings (SSSR count). The second kappa shape index (κ2) is 7.27. The van der Waals surface area contributed by atoms with Crippen LogP contribution in [0.3, 0.4) is 0 Å². The number of aromatic carboxylic acids is 1. The van der Waals surface area contributed by atoms with Crippen molar-refractivity contribution in [1.82, 2.24) is 0 Å². The monoisotopic (exact) mass is 400 g/mol. The molecule has 0 fully saturated rings. The first kappa shape index (κ1) is 20.7. The molecule has 156 valence electrons. The van der Waals surface area contributed by atoms with Crippen molar-refractivity contribution in [1.29, 1.82) is 0 Å². The molecule has 2 aromatic carbocycles. The van der Waals surface area contributed by atoms with Gasteiger partial charge in [0.15, 0.2) is 0 Å². The normalized spacial score (nSPS) is 20.7. The number of carboxylic acid groups (broad SMARTS) is 1. The molecule has 0 atom stereocenters. The standard InChI is InChI=1S/C28H32O2/c1-18-15-24-25(28(4,5)14-13-27(24,2)3)17-23(18)22-8-6-7-21(22)16-19-9-11-20(12-10-19)26(29)30/h8-12,15-17H,6-7,13-14H2,1-5H3,(H,29,30)/b21-16+. The van der Waals surface area contributed by atoms with E-state index in [9.17, 15) is 4.79 Å². The number of allylic oxidation sites excluding steroid dienone is 3. The molecule has 30 heavy (non-hydrogen) atoms. The van der Waals surface area contributed by atoms with Gasteiger partial charge in [0.2, 0.25) is 0 Å². The molecule has 0 bridgehead atoms. The van der Waals surface area contributed by atoms with Gasteiger partial charge >= 0.3 is 5.97 Å². The first-order chi connectivity index (χ1) is 14.1. The van der Waals surface area contributed by atoms with Gasteiger partial charge in [0.1, 0.15) is 0 Å². The summed E-state index contributed by atoms with van der Waals surface area (Å²) in [6.07, 6.45) is 9.12. The number of hydrogen-bond acceptors (Lipinski definition) is 1. The van der Waals surface area contributed by atoms with E-state index >= 15 is 0 Å². The van der Waals surface area contributed by atoms with Crippen LogP contribution in [0.4, 0.5) is 0 Å². The van der Waals surface area contributed by atoms with Crippen molar-refractivity contribution in [2.45, 2.75) is 71.1 Å². The highest BCUT2D eigenvalue weighted by Gasteiger charge is 2.37. The van der Waals surface area contributed by atoms with E-state index < -0.39 is 5.97 Å². The van der Waals surface area contributed by atoms with Crippen molar-refractivity contribution in [3.8, 4) is 0 Å². The third-order valence-corrected chi connectivity index (χ3v) is 7.09. The lowest BCUT2D eigenvalue weighted by Crippen LogP contribution is -2.34. The Morgan fingerprint density at radius 2 is 1.57 bits per heavy atom. The molecule has 2 aromatic rings. The van der Waals surface area contributed by atoms with Gasteiger partial charge in [-0.2, -0.15) is 0 Å². The van der Waals surface area contributed by atoms with Crippen molar-refractivity contribution in [2.24, 2.45) is 0 Å². The summed E-state index contributed by atoms with van der Waals surface area (Å²) in [5, 5.41) is 9.13. The molecule has 0 saturated carbocycles. The molecule has 0 saturated heterocycles. The summed E-state index contributed by atoms with van der Waals surface area (Å²) in [5.41, 5.74) is 10.2. The van der Waals surface area contributed by atoms with Crippen LogP contribution < -0.4 is 0 Å². The van der Waals surface area contributed by atoms with Gasteiger partial charge in [-0.1, -0.05) is 64.1 Å². The highest BCUT2D eigenvalue weighted by molar-refractivity contribution is 5.90. The van der Waals surface area contributed by atoms with E-state index in [4.69, 9.17) is 5.11 Å². The van der Waals surface area contributed by atoms with E-state index in [1.54, 1.807) is 12.1 Å². The molecule has 2 aliphatic rings. The fourth-order valence-corrected chi connectivity index (χ4v) is 5.01. The van der Waals surface area contributed by atoms with Crippen molar-refractivity contribution in [3.05, 3.63) is 81.4 Å². The lowest BCUT2D eigenvalue weighted by molar-refractivity contribution is 0.0697. The van der Waals surface area contributed by atoms with Gasteiger partial charge in [-0.25, -0.2) is 4.79 Å². The minimum Gasteiger partial charge on any atom is -0.478 e. The average Bonchev–Trinajstić information content (AvgIpc) is 3.13. The van der Waals surface area contributed by atoms with Crippen LogP contribution in [0.15, 0.2) is 48.0 Å². The Morgan fingerprint density at radius 3 is 2.17 bits per heavy atom. The minimum atomic E-state index is -0.883. The molecule has 0 radical (unpaired) electrons. The maximum atomic E-state index is 11.1. The molecule has 1 N–H and O–H groups in total. The van der Waals surface area contributed by atoms with Crippen LogP contribution in [0.5, 0.6) is 0 Å². The summed E-state index contributed by atoms with van der Waals surface area (Å²) < 4.78 is 0. The second-order valence-corrected chi connectivity index (χ2v) is 10.2. The molecule has 0 unspecified atom stereocenters. The van der Waals surface area contributed by atoms with Crippen LogP contribution in [0, 0.1) is 6.92 Å². The van der Waals surface area contributed by atoms with Crippen LogP contribution in [0.1, 0.15) is 91.6 Å². The zero-order chi connectivity index (χ0) is 21.7. The summed E-state index contributed by atoms with van der Waals surface area (Å²) in [5.74, 6) is -0.883. The maximum Gasteiger partial charge on any atom is 0.335 e. The minimum absolute atomic E-state index is 0.197. The highest BCUT2D eigenvalue weighted by atomic mass is 16.4. The Bertz CT molecular complexity index is 1060. The van der Waals surface area contributed by atoms with Gasteiger partial charge in [-0.3, -0.25) is 0 Å². The largest absolute Gasteiger partial charge is 0.478 e. The third-order valence-electron chi connectivity index (χ3n) is 7.09. The fraction of sp³-hybridized carbons (Fsp3) is 0.393. The van der Waals surface area contributed by atoms with Crippen molar-refractivity contribution < 1.29 is 9.90 Å². The number of rotatable bonds is 3. The smallest absolute Gasteiger partial charge is 0.335 e. The van der Waals surface area contributed by atoms with Gasteiger partial charge in [0.05, 0.1) is 5.56 Å². The Balaban J connectivity index is 1.76. The number of carbonyl (C=O) groups is 1. The van der Waals surface area contributed by atoms with E-state index in [2.05, 4.69) is 58.9 Å². The topological polar surface area (TPSA) is 37.3 Å². The highest BCUT2D eigenvalue weighted by Crippen LogP contribution is 2.48. The first-order valence-electron chi connectivity index (χ1n) is 11.0. The Kier molecular flexibility index (Phi) is 5.00.